The van der Waals surface area contributed by atoms with Crippen molar-refractivity contribution in [3.8, 4) is 0 Å². The number of ether oxygens (including phenoxy) is 1. The Kier molecular flexibility index (Phi) is 3.88. The molecule has 3 nitrogen and oxygen atoms in total. The molecule has 0 amide bonds. The van der Waals surface area contributed by atoms with Crippen LogP contribution in [0.5, 0.6) is 0 Å². The minimum absolute atomic E-state index is 0.0361. The molecule has 3 atom stereocenters. The second kappa shape index (κ2) is 5.24. The van der Waals surface area contributed by atoms with Gasteiger partial charge in [0, 0.05) is 0 Å². The number of hydrogen-bond donors (Lipinski definition) is 0. The van der Waals surface area contributed by atoms with Gasteiger partial charge < -0.3 is 4.74 Å². The van der Waals surface area contributed by atoms with Gasteiger partial charge in [0.2, 0.25) is 9.84 Å². The molecule has 0 radical (unpaired) electrons. The molecule has 1 aliphatic rings. The molecule has 0 N–H and O–H groups in total. The summed E-state index contributed by atoms with van der Waals surface area (Å²) in [5.41, 5.74) is -0.722. The first-order chi connectivity index (χ1) is 8.55. The van der Waals surface area contributed by atoms with Crippen LogP contribution in [-0.4, -0.2) is 20.0 Å². The molecule has 1 unspecified atom stereocenters. The van der Waals surface area contributed by atoms with Crippen molar-refractivity contribution in [3.63, 3.8) is 0 Å². The van der Waals surface area contributed by atoms with Crippen molar-refractivity contribution in [2.75, 3.05) is 0 Å². The average molecular weight is 266 g/mol. The molecule has 0 bridgehead atoms. The highest BCUT2D eigenvalue weighted by Gasteiger charge is 2.39. The maximum atomic E-state index is 12.4. The summed E-state index contributed by atoms with van der Waals surface area (Å²) in [5, 5.41) is 0. The number of sulfone groups is 1. The van der Waals surface area contributed by atoms with Crippen LogP contribution in [0.15, 0.2) is 47.9 Å². The summed E-state index contributed by atoms with van der Waals surface area (Å²) < 4.78 is 30.4. The van der Waals surface area contributed by atoms with Crippen LogP contribution in [0.2, 0.25) is 0 Å². The fourth-order valence-corrected chi connectivity index (χ4v) is 3.94. The Hall–Kier alpha value is -1.13. The van der Waals surface area contributed by atoms with E-state index >= 15 is 0 Å². The lowest BCUT2D eigenvalue weighted by Gasteiger charge is -2.14. The Balaban J connectivity index is 2.21. The minimum atomic E-state index is -3.38. The molecule has 0 spiro atoms. The quantitative estimate of drug-likeness (QED) is 0.787. The van der Waals surface area contributed by atoms with Crippen molar-refractivity contribution >= 4 is 9.84 Å². The smallest absolute Gasteiger partial charge is 0.205 e. The van der Waals surface area contributed by atoms with Crippen LogP contribution in [-0.2, 0) is 14.6 Å². The largest absolute Gasteiger partial charge is 0.358 e. The van der Waals surface area contributed by atoms with Crippen LogP contribution < -0.4 is 0 Å². The van der Waals surface area contributed by atoms with Crippen LogP contribution in [0.1, 0.15) is 19.8 Å². The predicted octanol–water partition coefficient (Wildman–Crippen LogP) is 2.79. The molecule has 1 saturated heterocycles. The van der Waals surface area contributed by atoms with E-state index < -0.39 is 15.3 Å². The van der Waals surface area contributed by atoms with Gasteiger partial charge in [-0.1, -0.05) is 31.2 Å². The zero-order chi connectivity index (χ0) is 13.2. The lowest BCUT2D eigenvalue weighted by atomic mass is 10.0. The van der Waals surface area contributed by atoms with Crippen molar-refractivity contribution in [2.24, 2.45) is 5.92 Å². The lowest BCUT2D eigenvalue weighted by molar-refractivity contribution is 0.0757. The minimum Gasteiger partial charge on any atom is -0.358 e. The van der Waals surface area contributed by atoms with Crippen molar-refractivity contribution in [2.45, 2.75) is 36.2 Å². The molecule has 1 heterocycles. The first-order valence-corrected chi connectivity index (χ1v) is 7.65. The monoisotopic (exact) mass is 266 g/mol. The van der Waals surface area contributed by atoms with Crippen LogP contribution in [0.4, 0.5) is 0 Å². The molecule has 1 aromatic rings. The molecular formula is C14H18O3S. The Morgan fingerprint density at radius 1 is 1.39 bits per heavy atom. The number of benzene rings is 1. The van der Waals surface area contributed by atoms with E-state index in [0.717, 1.165) is 0 Å². The number of hydrogen-bond acceptors (Lipinski definition) is 3. The second-order valence-corrected chi connectivity index (χ2v) is 6.79. The highest BCUT2D eigenvalue weighted by atomic mass is 32.2. The van der Waals surface area contributed by atoms with Crippen molar-refractivity contribution in [1.29, 1.82) is 0 Å². The predicted molar refractivity (Wildman–Crippen MR) is 70.9 cm³/mol. The Bertz CT molecular complexity index is 507. The van der Waals surface area contributed by atoms with E-state index in [1.165, 1.54) is 0 Å². The maximum Gasteiger partial charge on any atom is 0.205 e. The standard InChI is InChI=1S/C14H18O3S/c1-3-7-13-11(2)10-14(17-13)18(15,16)12-8-5-4-6-9-12/h3-6,8-9,11,13-14H,1,7,10H2,2H3/t11-,13-,14?/m0/s1. The summed E-state index contributed by atoms with van der Waals surface area (Å²) in [7, 11) is -3.38. The van der Waals surface area contributed by atoms with Crippen LogP contribution in [0.3, 0.4) is 0 Å². The third kappa shape index (κ3) is 2.49. The van der Waals surface area contributed by atoms with Gasteiger partial charge in [0.25, 0.3) is 0 Å². The van der Waals surface area contributed by atoms with Gasteiger partial charge in [-0.25, -0.2) is 8.42 Å². The molecule has 2 rings (SSSR count). The van der Waals surface area contributed by atoms with Crippen molar-refractivity contribution in [1.82, 2.24) is 0 Å². The molecule has 1 aliphatic heterocycles. The van der Waals surface area contributed by atoms with Gasteiger partial charge in [0.15, 0.2) is 5.44 Å². The van der Waals surface area contributed by atoms with Crippen LogP contribution >= 0.6 is 0 Å². The van der Waals surface area contributed by atoms with Gasteiger partial charge >= 0.3 is 0 Å². The molecule has 0 aliphatic carbocycles. The van der Waals surface area contributed by atoms with Gasteiger partial charge in [-0.3, -0.25) is 0 Å². The molecule has 1 aromatic carbocycles. The first-order valence-electron chi connectivity index (χ1n) is 6.11. The van der Waals surface area contributed by atoms with Crippen molar-refractivity contribution < 1.29 is 13.2 Å². The van der Waals surface area contributed by atoms with E-state index in [1.807, 2.05) is 6.92 Å². The van der Waals surface area contributed by atoms with Gasteiger partial charge in [-0.15, -0.1) is 6.58 Å². The SMILES string of the molecule is C=CC[C@@H]1OC(S(=O)(=O)c2ccccc2)C[C@@H]1C. The first kappa shape index (κ1) is 13.3. The van der Waals surface area contributed by atoms with E-state index in [-0.39, 0.29) is 12.0 Å². The molecule has 4 heteroatoms. The van der Waals surface area contributed by atoms with E-state index in [9.17, 15) is 8.42 Å². The Morgan fingerprint density at radius 3 is 2.67 bits per heavy atom. The Labute approximate surface area is 108 Å². The van der Waals surface area contributed by atoms with Gasteiger partial charge in [-0.05, 0) is 30.9 Å². The topological polar surface area (TPSA) is 43.4 Å². The fraction of sp³-hybridized carbons (Fsp3) is 0.429. The highest BCUT2D eigenvalue weighted by molar-refractivity contribution is 7.92. The van der Waals surface area contributed by atoms with Crippen LogP contribution in [0.25, 0.3) is 0 Å². The molecule has 0 aromatic heterocycles. The fourth-order valence-electron chi connectivity index (χ4n) is 2.25. The number of rotatable bonds is 4. The van der Waals surface area contributed by atoms with E-state index in [0.29, 0.717) is 17.7 Å². The normalized spacial score (nSPS) is 28.2. The highest BCUT2D eigenvalue weighted by Crippen LogP contribution is 2.33. The summed E-state index contributed by atoms with van der Waals surface area (Å²) in [6.07, 6.45) is 2.99. The summed E-state index contributed by atoms with van der Waals surface area (Å²) >= 11 is 0. The third-order valence-corrected chi connectivity index (χ3v) is 5.27. The van der Waals surface area contributed by atoms with Gasteiger partial charge in [0.05, 0.1) is 11.0 Å². The third-order valence-electron chi connectivity index (χ3n) is 3.34. The molecular weight excluding hydrogens is 248 g/mol. The zero-order valence-electron chi connectivity index (χ0n) is 10.5. The van der Waals surface area contributed by atoms with Crippen molar-refractivity contribution in [3.05, 3.63) is 43.0 Å². The van der Waals surface area contributed by atoms with Gasteiger partial charge in [0.1, 0.15) is 0 Å². The average Bonchev–Trinajstić information content (AvgIpc) is 2.73. The van der Waals surface area contributed by atoms with E-state index in [4.69, 9.17) is 4.74 Å². The summed E-state index contributed by atoms with van der Waals surface area (Å²) in [6, 6.07) is 8.49. The summed E-state index contributed by atoms with van der Waals surface area (Å²) in [6.45, 7) is 5.70. The zero-order valence-corrected chi connectivity index (χ0v) is 11.3. The summed E-state index contributed by atoms with van der Waals surface area (Å²) in [4.78, 5) is 0.335. The van der Waals surface area contributed by atoms with E-state index in [2.05, 4.69) is 6.58 Å². The molecule has 18 heavy (non-hydrogen) atoms. The molecule has 98 valence electrons. The molecule has 1 fully saturated rings. The van der Waals surface area contributed by atoms with Gasteiger partial charge in [-0.2, -0.15) is 0 Å². The summed E-state index contributed by atoms with van der Waals surface area (Å²) in [5.74, 6) is 0.242. The Morgan fingerprint density at radius 2 is 2.06 bits per heavy atom. The lowest BCUT2D eigenvalue weighted by Crippen LogP contribution is -2.21. The van der Waals surface area contributed by atoms with E-state index in [1.54, 1.807) is 36.4 Å². The second-order valence-electron chi connectivity index (χ2n) is 4.70. The maximum absolute atomic E-state index is 12.4. The molecule has 0 saturated carbocycles. The van der Waals surface area contributed by atoms with Crippen LogP contribution in [0, 0.1) is 5.92 Å².